The van der Waals surface area contributed by atoms with Gasteiger partial charge in [-0.1, -0.05) is 30.3 Å². The first kappa shape index (κ1) is 21.6. The monoisotopic (exact) mass is 421 g/mol. The summed E-state index contributed by atoms with van der Waals surface area (Å²) in [5.41, 5.74) is 2.18. The van der Waals surface area contributed by atoms with Crippen molar-refractivity contribution >= 4 is 28.4 Å². The molecule has 2 aromatic heterocycles. The van der Waals surface area contributed by atoms with Crippen LogP contribution in [0, 0.1) is 0 Å². The minimum atomic E-state index is -3.96. The van der Waals surface area contributed by atoms with Gasteiger partial charge in [0.25, 0.3) is 10.0 Å². The summed E-state index contributed by atoms with van der Waals surface area (Å²) < 4.78 is 32.4. The summed E-state index contributed by atoms with van der Waals surface area (Å²) >= 11 is 0. The van der Waals surface area contributed by atoms with Gasteiger partial charge in [-0.3, -0.25) is 4.98 Å². The Bertz CT molecular complexity index is 1070. The second kappa shape index (κ2) is 9.01. The fourth-order valence-corrected chi connectivity index (χ4v) is 4.11. The lowest BCUT2D eigenvalue weighted by Crippen LogP contribution is -2.15. The van der Waals surface area contributed by atoms with Crippen molar-refractivity contribution in [3.05, 3.63) is 72.2 Å². The third-order valence-electron chi connectivity index (χ3n) is 3.98. The number of nitrogens with one attached hydrogen (secondary N) is 1. The highest BCUT2D eigenvalue weighted by atomic mass is 35.5. The summed E-state index contributed by atoms with van der Waals surface area (Å²) in [5.74, 6) is -0.647. The van der Waals surface area contributed by atoms with Gasteiger partial charge in [0.05, 0.1) is 18.4 Å². The number of benzene rings is 1. The third-order valence-corrected chi connectivity index (χ3v) is 5.62. The van der Waals surface area contributed by atoms with Gasteiger partial charge in [-0.15, -0.1) is 12.4 Å². The average molecular weight is 422 g/mol. The summed E-state index contributed by atoms with van der Waals surface area (Å²) in [6.07, 6.45) is 4.05. The van der Waals surface area contributed by atoms with E-state index in [0.717, 1.165) is 11.1 Å². The lowest BCUT2D eigenvalue weighted by Gasteiger charge is -2.11. The van der Waals surface area contributed by atoms with Gasteiger partial charge in [0, 0.05) is 25.1 Å². The van der Waals surface area contributed by atoms with Crippen LogP contribution in [0.4, 0.5) is 0 Å². The summed E-state index contributed by atoms with van der Waals surface area (Å²) in [6.45, 7) is 0.517. The van der Waals surface area contributed by atoms with Crippen molar-refractivity contribution < 1.29 is 17.9 Å². The van der Waals surface area contributed by atoms with Gasteiger partial charge in [-0.05, 0) is 30.3 Å². The average Bonchev–Trinajstić information content (AvgIpc) is 3.13. The Labute approximate surface area is 169 Å². The molecule has 0 aliphatic carbocycles. The van der Waals surface area contributed by atoms with Crippen LogP contribution in [0.5, 0.6) is 0 Å². The number of carbonyl (C=O) groups excluding carboxylic acids is 1. The first-order valence-electron chi connectivity index (χ1n) is 8.17. The molecular weight excluding hydrogens is 402 g/mol. The van der Waals surface area contributed by atoms with Gasteiger partial charge in [-0.2, -0.15) is 0 Å². The maximum atomic E-state index is 13.3. The molecule has 28 heavy (non-hydrogen) atoms. The van der Waals surface area contributed by atoms with E-state index in [4.69, 9.17) is 0 Å². The number of esters is 1. The van der Waals surface area contributed by atoms with Crippen LogP contribution < -0.4 is 5.32 Å². The maximum absolute atomic E-state index is 13.3. The zero-order chi connectivity index (χ0) is 19.4. The lowest BCUT2D eigenvalue weighted by atomic mass is 10.1. The van der Waals surface area contributed by atoms with Crippen LogP contribution in [0.15, 0.2) is 66.0 Å². The molecule has 0 unspecified atom stereocenters. The number of hydrogen-bond acceptors (Lipinski definition) is 6. The van der Waals surface area contributed by atoms with Gasteiger partial charge in [0.15, 0.2) is 0 Å². The normalized spacial score (nSPS) is 10.9. The summed E-state index contributed by atoms with van der Waals surface area (Å²) in [4.78, 5) is 15.5. The van der Waals surface area contributed by atoms with Crippen molar-refractivity contribution in [2.75, 3.05) is 14.2 Å². The molecular formula is C19H20ClN3O4S. The fraction of sp³-hybridized carbons (Fsp3) is 0.158. The van der Waals surface area contributed by atoms with E-state index in [2.05, 4.69) is 15.0 Å². The van der Waals surface area contributed by atoms with E-state index in [1.165, 1.54) is 29.5 Å². The molecule has 1 aromatic carbocycles. The largest absolute Gasteiger partial charge is 0.465 e. The predicted octanol–water partition coefficient (Wildman–Crippen LogP) is 2.71. The Morgan fingerprint density at radius 3 is 2.54 bits per heavy atom. The smallest absolute Gasteiger partial charge is 0.339 e. The van der Waals surface area contributed by atoms with Crippen LogP contribution >= 0.6 is 12.4 Å². The molecule has 7 nitrogen and oxygen atoms in total. The van der Waals surface area contributed by atoms with Crippen LogP contribution in [0.3, 0.4) is 0 Å². The van der Waals surface area contributed by atoms with Gasteiger partial charge in [0.2, 0.25) is 0 Å². The molecule has 2 heterocycles. The Morgan fingerprint density at radius 1 is 1.18 bits per heavy atom. The first-order valence-corrected chi connectivity index (χ1v) is 9.61. The van der Waals surface area contributed by atoms with Gasteiger partial charge in [-0.25, -0.2) is 17.2 Å². The van der Waals surface area contributed by atoms with E-state index < -0.39 is 16.0 Å². The highest BCUT2D eigenvalue weighted by molar-refractivity contribution is 7.90. The van der Waals surface area contributed by atoms with Crippen LogP contribution in [0.1, 0.15) is 15.9 Å². The number of carbonyl (C=O) groups is 1. The number of pyridine rings is 1. The van der Waals surface area contributed by atoms with Crippen molar-refractivity contribution in [1.29, 1.82) is 0 Å². The van der Waals surface area contributed by atoms with Crippen molar-refractivity contribution in [1.82, 2.24) is 14.3 Å². The summed E-state index contributed by atoms with van der Waals surface area (Å²) in [7, 11) is -0.942. The molecule has 3 rings (SSSR count). The number of aromatic nitrogens is 2. The van der Waals surface area contributed by atoms with E-state index in [0.29, 0.717) is 12.2 Å². The first-order chi connectivity index (χ1) is 13.0. The molecule has 0 spiro atoms. The molecule has 0 amide bonds. The zero-order valence-electron chi connectivity index (χ0n) is 15.3. The number of hydrogen-bond donors (Lipinski definition) is 1. The molecule has 1 N–H and O–H groups in total. The van der Waals surface area contributed by atoms with Crippen LogP contribution in [-0.4, -0.2) is 37.5 Å². The number of rotatable bonds is 6. The van der Waals surface area contributed by atoms with Crippen LogP contribution in [-0.2, 0) is 21.3 Å². The lowest BCUT2D eigenvalue weighted by molar-refractivity contribution is 0.0600. The Morgan fingerprint density at radius 2 is 1.89 bits per heavy atom. The highest BCUT2D eigenvalue weighted by Crippen LogP contribution is 2.27. The topological polar surface area (TPSA) is 90.3 Å². The third kappa shape index (κ3) is 4.24. The molecule has 0 bridgehead atoms. The summed E-state index contributed by atoms with van der Waals surface area (Å²) in [6, 6.07) is 12.3. The number of ether oxygens (including phenoxy) is 1. The van der Waals surface area contributed by atoms with Gasteiger partial charge < -0.3 is 10.1 Å². The van der Waals surface area contributed by atoms with E-state index >= 15 is 0 Å². The Hall–Kier alpha value is -2.68. The van der Waals surface area contributed by atoms with Crippen LogP contribution in [0.25, 0.3) is 11.3 Å². The van der Waals surface area contributed by atoms with Crippen molar-refractivity contribution in [3.63, 3.8) is 0 Å². The van der Waals surface area contributed by atoms with Crippen LogP contribution in [0.2, 0.25) is 0 Å². The minimum Gasteiger partial charge on any atom is -0.465 e. The molecule has 0 saturated carbocycles. The number of methoxy groups -OCH3 is 1. The number of halogens is 1. The van der Waals surface area contributed by atoms with E-state index in [9.17, 15) is 13.2 Å². The fourth-order valence-electron chi connectivity index (χ4n) is 2.72. The van der Waals surface area contributed by atoms with E-state index in [-0.39, 0.29) is 22.9 Å². The van der Waals surface area contributed by atoms with Gasteiger partial charge in [0.1, 0.15) is 4.90 Å². The SMILES string of the molecule is CNCc1cc(-c2ccccc2)n(S(=O)(=O)c2cncc(C(=O)OC)c2)c1.Cl. The number of nitrogens with zero attached hydrogens (tertiary/aromatic N) is 2. The van der Waals surface area contributed by atoms with Crippen molar-refractivity contribution in [2.45, 2.75) is 11.4 Å². The Kier molecular flexibility index (Phi) is 6.95. The molecule has 9 heteroatoms. The molecule has 0 radical (unpaired) electrons. The molecule has 0 aliphatic heterocycles. The van der Waals surface area contributed by atoms with E-state index in [1.54, 1.807) is 13.2 Å². The molecule has 3 aromatic rings. The zero-order valence-corrected chi connectivity index (χ0v) is 17.0. The van der Waals surface area contributed by atoms with Crippen molar-refractivity contribution in [2.24, 2.45) is 0 Å². The maximum Gasteiger partial charge on any atom is 0.339 e. The molecule has 0 atom stereocenters. The second-order valence-electron chi connectivity index (χ2n) is 5.83. The highest BCUT2D eigenvalue weighted by Gasteiger charge is 2.23. The molecule has 0 aliphatic rings. The van der Waals surface area contributed by atoms with Crippen molar-refractivity contribution in [3.8, 4) is 11.3 Å². The minimum absolute atomic E-state index is 0. The standard InChI is InChI=1S/C19H19N3O4S.ClH/c1-20-10-14-8-18(15-6-4-3-5-7-15)22(13-14)27(24,25)17-9-16(11-21-12-17)19(23)26-2;/h3-9,11-13,20H,10H2,1-2H3;1H. The molecule has 148 valence electrons. The molecule has 0 saturated heterocycles. The predicted molar refractivity (Wildman–Crippen MR) is 108 cm³/mol. The quantitative estimate of drug-likeness (QED) is 0.615. The second-order valence-corrected chi connectivity index (χ2v) is 7.65. The van der Waals surface area contributed by atoms with Gasteiger partial charge >= 0.3 is 5.97 Å². The van der Waals surface area contributed by atoms with E-state index in [1.807, 2.05) is 36.4 Å². The summed E-state index contributed by atoms with van der Waals surface area (Å²) in [5, 5.41) is 3.02. The Balaban J connectivity index is 0.00000280. The molecule has 0 fully saturated rings.